The molecule has 9 heteroatoms. The molecule has 1 saturated carbocycles. The molecule has 2 atom stereocenters. The zero-order chi connectivity index (χ0) is 24.0. The van der Waals surface area contributed by atoms with Crippen molar-refractivity contribution in [3.05, 3.63) is 70.1 Å². The largest absolute Gasteiger partial charge is 0.494 e. The van der Waals surface area contributed by atoms with E-state index in [9.17, 15) is 4.79 Å². The second kappa shape index (κ2) is 10.6. The fraction of sp³-hybridized carbons (Fsp3) is 0.440. The molecule has 9 nitrogen and oxygen atoms in total. The lowest BCUT2D eigenvalue weighted by molar-refractivity contribution is -0.128. The molecule has 0 aromatic heterocycles. The Labute approximate surface area is 198 Å². The molecule has 2 N–H and O–H groups in total. The number of aliphatic hydroxyl groups is 1. The minimum absolute atomic E-state index is 0.0777. The van der Waals surface area contributed by atoms with Crippen molar-refractivity contribution in [2.75, 3.05) is 19.8 Å². The van der Waals surface area contributed by atoms with Gasteiger partial charge in [-0.25, -0.2) is 4.99 Å². The molecule has 1 aliphatic heterocycles. The van der Waals surface area contributed by atoms with Gasteiger partial charge in [-0.1, -0.05) is 29.4 Å². The van der Waals surface area contributed by atoms with Gasteiger partial charge in [0.15, 0.2) is 5.54 Å². The number of nitrogens with one attached hydrogen (secondary N) is 1. The van der Waals surface area contributed by atoms with Crippen LogP contribution in [0.25, 0.3) is 10.4 Å². The molecular weight excluding hydrogens is 434 g/mol. The third-order valence-electron chi connectivity index (χ3n) is 6.18. The van der Waals surface area contributed by atoms with Crippen molar-refractivity contribution in [1.29, 1.82) is 0 Å². The molecule has 178 valence electrons. The highest BCUT2D eigenvalue weighted by Crippen LogP contribution is 2.36. The van der Waals surface area contributed by atoms with E-state index in [-0.39, 0.29) is 18.9 Å². The number of ether oxygens (including phenoxy) is 2. The van der Waals surface area contributed by atoms with Gasteiger partial charge in [-0.2, -0.15) is 0 Å². The number of benzene rings is 2. The van der Waals surface area contributed by atoms with Crippen molar-refractivity contribution in [2.45, 2.75) is 44.2 Å². The van der Waals surface area contributed by atoms with Gasteiger partial charge in [-0.3, -0.25) is 4.79 Å². The first-order chi connectivity index (χ1) is 16.6. The Morgan fingerprint density at radius 3 is 2.76 bits per heavy atom. The van der Waals surface area contributed by atoms with Crippen molar-refractivity contribution in [3.63, 3.8) is 0 Å². The maximum atomic E-state index is 13.5. The zero-order valence-electron chi connectivity index (χ0n) is 19.2. The molecule has 0 radical (unpaired) electrons. The van der Waals surface area contributed by atoms with Gasteiger partial charge in [0.2, 0.25) is 5.90 Å². The van der Waals surface area contributed by atoms with Crippen LogP contribution in [0.5, 0.6) is 5.75 Å². The van der Waals surface area contributed by atoms with Crippen LogP contribution >= 0.6 is 0 Å². The smallest absolute Gasteiger partial charge is 0.252 e. The monoisotopic (exact) mass is 463 g/mol. The molecule has 2 aliphatic rings. The SMILES string of the molecule is C[C@H]1OC(c2ccc(OCCCO)cc2)=N[C@@]1(Cc1ccccc1N=[N+]=[N-])C(=O)NCC1CC1. The highest BCUT2D eigenvalue weighted by atomic mass is 16.5. The normalized spacial score (nSPS) is 21.2. The molecule has 0 bridgehead atoms. The van der Waals surface area contributed by atoms with Gasteiger partial charge in [-0.05, 0) is 61.0 Å². The minimum atomic E-state index is -1.19. The first-order valence-electron chi connectivity index (χ1n) is 11.6. The summed E-state index contributed by atoms with van der Waals surface area (Å²) in [5.74, 6) is 1.40. The maximum Gasteiger partial charge on any atom is 0.252 e. The molecule has 1 heterocycles. The lowest BCUT2D eigenvalue weighted by Crippen LogP contribution is -2.52. The number of hydrogen-bond donors (Lipinski definition) is 2. The Morgan fingerprint density at radius 1 is 1.29 bits per heavy atom. The van der Waals surface area contributed by atoms with E-state index in [1.54, 1.807) is 12.1 Å². The van der Waals surface area contributed by atoms with Crippen molar-refractivity contribution in [2.24, 2.45) is 16.0 Å². The molecule has 0 unspecified atom stereocenters. The summed E-state index contributed by atoms with van der Waals surface area (Å²) in [6, 6.07) is 14.5. The lowest BCUT2D eigenvalue weighted by atomic mass is 9.85. The predicted octanol–water partition coefficient (Wildman–Crippen LogP) is 4.06. The Bertz CT molecular complexity index is 1090. The third kappa shape index (κ3) is 5.32. The fourth-order valence-corrected chi connectivity index (χ4v) is 3.95. The lowest BCUT2D eigenvalue weighted by Gasteiger charge is -2.28. The van der Waals surface area contributed by atoms with Crippen LogP contribution in [0, 0.1) is 5.92 Å². The average molecular weight is 464 g/mol. The molecule has 2 aromatic carbocycles. The second-order valence-electron chi connectivity index (χ2n) is 8.70. The number of rotatable bonds is 11. The topological polar surface area (TPSA) is 129 Å². The van der Waals surface area contributed by atoms with Crippen LogP contribution in [0.1, 0.15) is 37.3 Å². The summed E-state index contributed by atoms with van der Waals surface area (Å²) in [7, 11) is 0. The Hall–Kier alpha value is -3.55. The Kier molecular flexibility index (Phi) is 7.35. The Morgan fingerprint density at radius 2 is 2.06 bits per heavy atom. The summed E-state index contributed by atoms with van der Waals surface area (Å²) in [6.45, 7) is 2.97. The van der Waals surface area contributed by atoms with Crippen LogP contribution in [-0.2, 0) is 16.0 Å². The van der Waals surface area contributed by atoms with E-state index in [1.165, 1.54) is 0 Å². The number of carbonyl (C=O) groups is 1. The van der Waals surface area contributed by atoms with Gasteiger partial charge in [0, 0.05) is 42.2 Å². The van der Waals surface area contributed by atoms with Gasteiger partial charge >= 0.3 is 0 Å². The zero-order valence-corrected chi connectivity index (χ0v) is 19.2. The Balaban J connectivity index is 1.63. The number of amides is 1. The molecule has 34 heavy (non-hydrogen) atoms. The number of aliphatic imine (C=N–C) groups is 1. The molecular formula is C25H29N5O4. The summed E-state index contributed by atoms with van der Waals surface area (Å²) in [6.07, 6.45) is 2.53. The van der Waals surface area contributed by atoms with Crippen LogP contribution in [0.15, 0.2) is 58.6 Å². The van der Waals surface area contributed by atoms with Crippen LogP contribution < -0.4 is 10.1 Å². The predicted molar refractivity (Wildman–Crippen MR) is 128 cm³/mol. The molecule has 0 spiro atoms. The average Bonchev–Trinajstić information content (AvgIpc) is 3.62. The van der Waals surface area contributed by atoms with Gasteiger partial charge < -0.3 is 19.9 Å². The first-order valence-corrected chi connectivity index (χ1v) is 11.6. The molecule has 4 rings (SSSR count). The summed E-state index contributed by atoms with van der Waals surface area (Å²) < 4.78 is 11.7. The van der Waals surface area contributed by atoms with E-state index in [0.29, 0.717) is 42.8 Å². The number of azide groups is 1. The third-order valence-corrected chi connectivity index (χ3v) is 6.18. The van der Waals surface area contributed by atoms with E-state index in [4.69, 9.17) is 25.1 Å². The van der Waals surface area contributed by atoms with Crippen molar-refractivity contribution >= 4 is 17.5 Å². The summed E-state index contributed by atoms with van der Waals surface area (Å²) >= 11 is 0. The second-order valence-corrected chi connectivity index (χ2v) is 8.70. The van der Waals surface area contributed by atoms with E-state index in [1.807, 2.05) is 43.3 Å². The summed E-state index contributed by atoms with van der Waals surface area (Å²) in [5, 5.41) is 15.8. The number of carbonyl (C=O) groups excluding carboxylic acids is 1. The number of aliphatic hydroxyl groups excluding tert-OH is 1. The standard InChI is InChI=1S/C25H29N5O4/c1-17-25(24(32)27-16-18-7-8-18,15-20-5-2-3-6-22(20)29-30-26)28-23(34-17)19-9-11-21(12-10-19)33-14-4-13-31/h2-3,5-6,9-12,17-18,31H,4,7-8,13-16H2,1H3,(H,27,32)/t17-,25-/m1/s1. The number of nitrogens with zero attached hydrogens (tertiary/aromatic N) is 4. The minimum Gasteiger partial charge on any atom is -0.494 e. The molecule has 1 fully saturated rings. The fourth-order valence-electron chi connectivity index (χ4n) is 3.95. The quantitative estimate of drug-likeness (QED) is 0.225. The molecule has 2 aromatic rings. The first kappa shape index (κ1) is 23.6. The van der Waals surface area contributed by atoms with E-state index < -0.39 is 11.6 Å². The number of hydrogen-bond acceptors (Lipinski definition) is 6. The maximum absolute atomic E-state index is 13.5. The molecule has 1 amide bonds. The summed E-state index contributed by atoms with van der Waals surface area (Å²) in [4.78, 5) is 21.3. The van der Waals surface area contributed by atoms with Crippen molar-refractivity contribution in [1.82, 2.24) is 5.32 Å². The van der Waals surface area contributed by atoms with E-state index >= 15 is 0 Å². The van der Waals surface area contributed by atoms with E-state index in [2.05, 4.69) is 15.3 Å². The van der Waals surface area contributed by atoms with Crippen molar-refractivity contribution in [3.8, 4) is 5.75 Å². The van der Waals surface area contributed by atoms with Gasteiger partial charge in [0.25, 0.3) is 5.91 Å². The van der Waals surface area contributed by atoms with Crippen LogP contribution in [-0.4, -0.2) is 48.3 Å². The van der Waals surface area contributed by atoms with Crippen LogP contribution in [0.4, 0.5) is 5.69 Å². The van der Waals surface area contributed by atoms with Crippen LogP contribution in [0.2, 0.25) is 0 Å². The van der Waals surface area contributed by atoms with Gasteiger partial charge in [-0.15, -0.1) is 0 Å². The summed E-state index contributed by atoms with van der Waals surface area (Å²) in [5.41, 5.74) is 9.72. The van der Waals surface area contributed by atoms with Gasteiger partial charge in [0.05, 0.1) is 6.61 Å². The molecule has 1 aliphatic carbocycles. The van der Waals surface area contributed by atoms with E-state index in [0.717, 1.165) is 24.0 Å². The van der Waals surface area contributed by atoms with Gasteiger partial charge in [0.1, 0.15) is 11.9 Å². The molecule has 0 saturated heterocycles. The van der Waals surface area contributed by atoms with Crippen molar-refractivity contribution < 1.29 is 19.4 Å². The van der Waals surface area contributed by atoms with Crippen LogP contribution in [0.3, 0.4) is 0 Å². The highest BCUT2D eigenvalue weighted by molar-refractivity contribution is 6.01. The highest BCUT2D eigenvalue weighted by Gasteiger charge is 2.50.